The van der Waals surface area contributed by atoms with Crippen LogP contribution < -0.4 is 4.90 Å². The molecule has 5 heteroatoms. The molecule has 0 spiro atoms. The van der Waals surface area contributed by atoms with Gasteiger partial charge in [-0.3, -0.25) is 4.90 Å². The van der Waals surface area contributed by atoms with Gasteiger partial charge in [0.15, 0.2) is 0 Å². The van der Waals surface area contributed by atoms with E-state index in [0.29, 0.717) is 18.4 Å². The number of aliphatic hydroxyl groups excluding tert-OH is 1. The van der Waals surface area contributed by atoms with E-state index in [2.05, 4.69) is 34.1 Å². The molecule has 4 nitrogen and oxygen atoms in total. The molecule has 1 aromatic carbocycles. The Morgan fingerprint density at radius 2 is 1.79 bits per heavy atom. The number of hydrogen-bond donors (Lipinski definition) is 1. The summed E-state index contributed by atoms with van der Waals surface area (Å²) in [7, 11) is 0. The summed E-state index contributed by atoms with van der Waals surface area (Å²) < 4.78 is 5.98. The fourth-order valence-corrected chi connectivity index (χ4v) is 5.14. The summed E-state index contributed by atoms with van der Waals surface area (Å²) in [6.07, 6.45) is 5.15. The summed E-state index contributed by atoms with van der Waals surface area (Å²) in [6, 6.07) is 8.54. The smallest absolute Gasteiger partial charge is 0.150 e. The Kier molecular flexibility index (Phi) is 5.01. The lowest BCUT2D eigenvalue weighted by atomic mass is 9.79. The van der Waals surface area contributed by atoms with Crippen LogP contribution in [0, 0.1) is 11.8 Å². The monoisotopic (exact) mass is 345 g/mol. The molecule has 2 aromatic rings. The van der Waals surface area contributed by atoms with Crippen molar-refractivity contribution in [1.82, 2.24) is 9.27 Å². The van der Waals surface area contributed by atoms with Crippen molar-refractivity contribution in [2.24, 2.45) is 11.8 Å². The van der Waals surface area contributed by atoms with Crippen LogP contribution in [-0.2, 0) is 0 Å². The van der Waals surface area contributed by atoms with E-state index in [1.54, 1.807) is 11.5 Å². The van der Waals surface area contributed by atoms with Crippen LogP contribution in [0.3, 0.4) is 0 Å². The third-order valence-corrected chi connectivity index (χ3v) is 6.64. The second kappa shape index (κ2) is 7.38. The van der Waals surface area contributed by atoms with Gasteiger partial charge in [-0.1, -0.05) is 25.0 Å². The topological polar surface area (TPSA) is 39.6 Å². The third kappa shape index (κ3) is 3.30. The van der Waals surface area contributed by atoms with Crippen LogP contribution >= 0.6 is 11.5 Å². The van der Waals surface area contributed by atoms with E-state index in [4.69, 9.17) is 4.37 Å². The second-order valence-electron chi connectivity index (χ2n) is 7.28. The first-order chi connectivity index (χ1) is 11.8. The molecule has 1 aromatic heterocycles. The van der Waals surface area contributed by atoms with Gasteiger partial charge in [-0.05, 0) is 48.3 Å². The normalized spacial score (nSPS) is 26.1. The molecule has 0 radical (unpaired) electrons. The molecule has 1 aliphatic heterocycles. The van der Waals surface area contributed by atoms with Crippen LogP contribution in [0.25, 0.3) is 10.1 Å². The number of benzene rings is 1. The second-order valence-corrected chi connectivity index (χ2v) is 8.08. The number of piperazine rings is 1. The minimum Gasteiger partial charge on any atom is -0.396 e. The van der Waals surface area contributed by atoms with Gasteiger partial charge in [0.1, 0.15) is 5.82 Å². The summed E-state index contributed by atoms with van der Waals surface area (Å²) in [4.78, 5) is 5.05. The van der Waals surface area contributed by atoms with Crippen LogP contribution in [0.1, 0.15) is 25.7 Å². The van der Waals surface area contributed by atoms with E-state index in [1.807, 2.05) is 0 Å². The molecule has 1 N–H and O–H groups in total. The highest BCUT2D eigenvalue weighted by molar-refractivity contribution is 7.13. The average Bonchev–Trinajstić information content (AvgIpc) is 3.07. The van der Waals surface area contributed by atoms with Gasteiger partial charge < -0.3 is 10.0 Å². The van der Waals surface area contributed by atoms with Gasteiger partial charge >= 0.3 is 0 Å². The highest BCUT2D eigenvalue weighted by Crippen LogP contribution is 2.32. The Balaban J connectivity index is 1.36. The van der Waals surface area contributed by atoms with E-state index in [-0.39, 0.29) is 0 Å². The summed E-state index contributed by atoms with van der Waals surface area (Å²) in [5, 5.41) is 10.9. The lowest BCUT2D eigenvalue weighted by molar-refractivity contribution is 0.0972. The van der Waals surface area contributed by atoms with Crippen LogP contribution in [-0.4, -0.2) is 53.7 Å². The predicted octanol–water partition coefficient (Wildman–Crippen LogP) is 3.22. The molecule has 1 aliphatic carbocycles. The highest BCUT2D eigenvalue weighted by atomic mass is 32.1. The third-order valence-electron chi connectivity index (χ3n) is 5.82. The zero-order chi connectivity index (χ0) is 16.4. The Morgan fingerprint density at radius 1 is 1.04 bits per heavy atom. The van der Waals surface area contributed by atoms with Crippen molar-refractivity contribution < 1.29 is 5.11 Å². The molecule has 2 atom stereocenters. The SMILES string of the molecule is OC[C@@H]1CCCC[C@@H]1CN1CCN(c2nsc3ccccc23)CC1. The largest absolute Gasteiger partial charge is 0.396 e. The lowest BCUT2D eigenvalue weighted by Gasteiger charge is -2.39. The zero-order valence-corrected chi connectivity index (χ0v) is 15.0. The predicted molar refractivity (Wildman–Crippen MR) is 101 cm³/mol. The maximum absolute atomic E-state index is 9.62. The number of hydrogen-bond acceptors (Lipinski definition) is 5. The molecule has 2 aliphatic rings. The van der Waals surface area contributed by atoms with Gasteiger partial charge in [0.2, 0.25) is 0 Å². The molecule has 0 unspecified atom stereocenters. The molecule has 0 amide bonds. The van der Waals surface area contributed by atoms with Crippen molar-refractivity contribution >= 4 is 27.4 Å². The van der Waals surface area contributed by atoms with Crippen LogP contribution in [0.5, 0.6) is 0 Å². The fraction of sp³-hybridized carbons (Fsp3) is 0.632. The first-order valence-electron chi connectivity index (χ1n) is 9.27. The number of aromatic nitrogens is 1. The van der Waals surface area contributed by atoms with Crippen molar-refractivity contribution in [2.45, 2.75) is 25.7 Å². The van der Waals surface area contributed by atoms with Gasteiger partial charge in [0, 0.05) is 44.7 Å². The Bertz CT molecular complexity index is 665. The average molecular weight is 346 g/mol. The van der Waals surface area contributed by atoms with Crippen molar-refractivity contribution in [3.8, 4) is 0 Å². The van der Waals surface area contributed by atoms with E-state index < -0.39 is 0 Å². The molecule has 2 heterocycles. The van der Waals surface area contributed by atoms with Crippen molar-refractivity contribution in [3.05, 3.63) is 24.3 Å². The molecular formula is C19H27N3OS. The minimum absolute atomic E-state index is 0.370. The molecule has 2 fully saturated rings. The number of anilines is 1. The zero-order valence-electron chi connectivity index (χ0n) is 14.2. The summed E-state index contributed by atoms with van der Waals surface area (Å²) in [5.74, 6) is 2.39. The minimum atomic E-state index is 0.370. The first-order valence-corrected chi connectivity index (χ1v) is 10.0. The van der Waals surface area contributed by atoms with Crippen molar-refractivity contribution in [1.29, 1.82) is 0 Å². The quantitative estimate of drug-likeness (QED) is 0.924. The fourth-order valence-electron chi connectivity index (χ4n) is 4.34. The van der Waals surface area contributed by atoms with E-state index in [1.165, 1.54) is 41.6 Å². The molecule has 130 valence electrons. The number of nitrogens with zero attached hydrogens (tertiary/aromatic N) is 3. The molecule has 1 saturated heterocycles. The van der Waals surface area contributed by atoms with E-state index in [0.717, 1.165) is 32.7 Å². The van der Waals surface area contributed by atoms with Crippen LogP contribution in [0.2, 0.25) is 0 Å². The van der Waals surface area contributed by atoms with E-state index >= 15 is 0 Å². The van der Waals surface area contributed by atoms with Gasteiger partial charge in [-0.25, -0.2) is 0 Å². The van der Waals surface area contributed by atoms with Crippen LogP contribution in [0.15, 0.2) is 24.3 Å². The maximum Gasteiger partial charge on any atom is 0.150 e. The standard InChI is InChI=1S/C19H27N3OS/c23-14-16-6-2-1-5-15(16)13-21-9-11-22(12-10-21)19-17-7-3-4-8-18(17)24-20-19/h3-4,7-8,15-16,23H,1-2,5-6,9-14H2/t15-,16+/m1/s1. The summed E-state index contributed by atoms with van der Waals surface area (Å²) in [5.41, 5.74) is 0. The number of fused-ring (bicyclic) bond motifs is 1. The van der Waals surface area contributed by atoms with Crippen LogP contribution in [0.4, 0.5) is 5.82 Å². The number of aliphatic hydroxyl groups is 1. The molecular weight excluding hydrogens is 318 g/mol. The van der Waals surface area contributed by atoms with Gasteiger partial charge in [0.05, 0.1) is 4.70 Å². The molecule has 1 saturated carbocycles. The van der Waals surface area contributed by atoms with Gasteiger partial charge in [-0.2, -0.15) is 4.37 Å². The van der Waals surface area contributed by atoms with Gasteiger partial charge in [-0.15, -0.1) is 0 Å². The first kappa shape index (κ1) is 16.3. The Labute approximate surface area is 148 Å². The summed E-state index contributed by atoms with van der Waals surface area (Å²) in [6.45, 7) is 5.88. The molecule has 4 rings (SSSR count). The molecule has 0 bridgehead atoms. The van der Waals surface area contributed by atoms with Crippen molar-refractivity contribution in [3.63, 3.8) is 0 Å². The van der Waals surface area contributed by atoms with E-state index in [9.17, 15) is 5.11 Å². The number of rotatable bonds is 4. The molecule has 24 heavy (non-hydrogen) atoms. The maximum atomic E-state index is 9.62. The van der Waals surface area contributed by atoms with Crippen molar-refractivity contribution in [2.75, 3.05) is 44.2 Å². The Morgan fingerprint density at radius 3 is 2.58 bits per heavy atom. The summed E-state index contributed by atoms with van der Waals surface area (Å²) >= 11 is 1.61. The Hall–Kier alpha value is -1.17. The van der Waals surface area contributed by atoms with Gasteiger partial charge in [0.25, 0.3) is 0 Å². The lowest BCUT2D eigenvalue weighted by Crippen LogP contribution is -2.49. The highest BCUT2D eigenvalue weighted by Gasteiger charge is 2.28.